The van der Waals surface area contributed by atoms with E-state index in [1.807, 2.05) is 30.3 Å². The van der Waals surface area contributed by atoms with E-state index < -0.39 is 0 Å². The van der Waals surface area contributed by atoms with E-state index in [1.54, 1.807) is 0 Å². The highest BCUT2D eigenvalue weighted by atomic mass is 16.5. The average molecular weight is 429 g/mol. The van der Waals surface area contributed by atoms with E-state index >= 15 is 0 Å². The van der Waals surface area contributed by atoms with E-state index in [9.17, 15) is 10.5 Å². The van der Waals surface area contributed by atoms with Crippen LogP contribution < -0.4 is 4.74 Å². The fourth-order valence-electron chi connectivity index (χ4n) is 5.01. The number of benzene rings is 2. The molecule has 0 unspecified atom stereocenters. The molecule has 0 saturated heterocycles. The third-order valence-electron chi connectivity index (χ3n) is 6.85. The molecule has 2 aromatic rings. The predicted octanol–water partition coefficient (Wildman–Crippen LogP) is 8.13. The van der Waals surface area contributed by atoms with Gasteiger partial charge in [-0.25, -0.2) is 0 Å². The molecule has 0 aromatic heterocycles. The smallest absolute Gasteiger partial charge is 0.119 e. The van der Waals surface area contributed by atoms with Crippen molar-refractivity contribution in [3.05, 3.63) is 53.1 Å². The van der Waals surface area contributed by atoms with Gasteiger partial charge in [0.1, 0.15) is 17.9 Å². The van der Waals surface area contributed by atoms with Crippen LogP contribution in [0.2, 0.25) is 0 Å². The van der Waals surface area contributed by atoms with E-state index in [0.717, 1.165) is 47.6 Å². The lowest BCUT2D eigenvalue weighted by molar-refractivity contribution is 0.302. The number of ether oxygens (including phenoxy) is 1. The molecule has 168 valence electrons. The van der Waals surface area contributed by atoms with Gasteiger partial charge in [-0.1, -0.05) is 70.2 Å². The first-order chi connectivity index (χ1) is 15.7. The fourth-order valence-corrected chi connectivity index (χ4v) is 5.01. The minimum Gasteiger partial charge on any atom is -0.494 e. The number of nitrogens with zero attached hydrogens (tertiary/aromatic N) is 2. The van der Waals surface area contributed by atoms with Crippen molar-refractivity contribution in [2.45, 2.75) is 84.0 Å². The zero-order chi connectivity index (χ0) is 22.8. The second-order valence-electron chi connectivity index (χ2n) is 9.12. The summed E-state index contributed by atoms with van der Waals surface area (Å²) in [5.74, 6) is 2.05. The van der Waals surface area contributed by atoms with Gasteiger partial charge in [0, 0.05) is 5.56 Å². The minimum atomic E-state index is 0.391. The van der Waals surface area contributed by atoms with E-state index in [0.29, 0.717) is 23.7 Å². The zero-order valence-corrected chi connectivity index (χ0v) is 19.7. The van der Waals surface area contributed by atoms with E-state index in [4.69, 9.17) is 4.74 Å². The highest BCUT2D eigenvalue weighted by molar-refractivity contribution is 5.75. The summed E-state index contributed by atoms with van der Waals surface area (Å²) in [5.41, 5.74) is 3.93. The van der Waals surface area contributed by atoms with Gasteiger partial charge in [-0.05, 0) is 67.2 Å². The Morgan fingerprint density at radius 1 is 0.812 bits per heavy atom. The molecule has 1 aliphatic rings. The van der Waals surface area contributed by atoms with Crippen molar-refractivity contribution >= 4 is 0 Å². The summed E-state index contributed by atoms with van der Waals surface area (Å²) in [6.07, 6.45) is 12.4. The van der Waals surface area contributed by atoms with Gasteiger partial charge in [-0.15, -0.1) is 0 Å². The van der Waals surface area contributed by atoms with Crippen LogP contribution in [0.25, 0.3) is 11.1 Å². The molecule has 3 rings (SSSR count). The molecule has 3 heteroatoms. The monoisotopic (exact) mass is 428 g/mol. The van der Waals surface area contributed by atoms with Crippen molar-refractivity contribution in [2.75, 3.05) is 6.61 Å². The minimum absolute atomic E-state index is 0.391. The Labute approximate surface area is 194 Å². The first kappa shape index (κ1) is 23.9. The molecule has 1 fully saturated rings. The van der Waals surface area contributed by atoms with Crippen LogP contribution in [0.1, 0.15) is 101 Å². The van der Waals surface area contributed by atoms with Crippen LogP contribution in [-0.2, 0) is 0 Å². The molecule has 0 heterocycles. The number of hydrogen-bond donors (Lipinski definition) is 0. The van der Waals surface area contributed by atoms with Gasteiger partial charge in [0.2, 0.25) is 0 Å². The highest BCUT2D eigenvalue weighted by Crippen LogP contribution is 2.41. The molecule has 32 heavy (non-hydrogen) atoms. The van der Waals surface area contributed by atoms with Crippen molar-refractivity contribution < 1.29 is 4.74 Å². The SMILES string of the molecule is CCCCCCC1CCC(c2ccc(-c3ccc(OCCC)cc3)c(C#N)c2C#N)CC1. The lowest BCUT2D eigenvalue weighted by Gasteiger charge is -2.29. The summed E-state index contributed by atoms with van der Waals surface area (Å²) >= 11 is 0. The summed E-state index contributed by atoms with van der Waals surface area (Å²) in [6.45, 7) is 5.03. The first-order valence-corrected chi connectivity index (χ1v) is 12.4. The third kappa shape index (κ3) is 5.92. The summed E-state index contributed by atoms with van der Waals surface area (Å²) in [7, 11) is 0. The molecule has 2 aromatic carbocycles. The fraction of sp³-hybridized carbons (Fsp3) is 0.517. The molecule has 0 spiro atoms. The van der Waals surface area contributed by atoms with Crippen LogP contribution in [0.15, 0.2) is 36.4 Å². The average Bonchev–Trinajstić information content (AvgIpc) is 2.85. The third-order valence-corrected chi connectivity index (χ3v) is 6.85. The Balaban J connectivity index is 1.74. The standard InChI is InChI=1S/C29H36N2O/c1-3-5-6-7-8-22-9-11-23(12-10-22)26-17-18-27(29(21-31)28(26)20-30)24-13-15-25(16-14-24)32-19-4-2/h13-18,22-23H,3-12,19H2,1-2H3. The zero-order valence-electron chi connectivity index (χ0n) is 19.7. The van der Waals surface area contributed by atoms with Gasteiger partial charge >= 0.3 is 0 Å². The molecule has 0 bridgehead atoms. The van der Waals surface area contributed by atoms with Crippen LogP contribution in [0, 0.1) is 28.6 Å². The molecule has 0 aliphatic heterocycles. The number of unbranched alkanes of at least 4 members (excludes halogenated alkanes) is 3. The predicted molar refractivity (Wildman–Crippen MR) is 131 cm³/mol. The lowest BCUT2D eigenvalue weighted by atomic mass is 9.75. The van der Waals surface area contributed by atoms with Crippen molar-refractivity contribution in [2.24, 2.45) is 5.92 Å². The largest absolute Gasteiger partial charge is 0.494 e. The Morgan fingerprint density at radius 2 is 1.53 bits per heavy atom. The molecule has 0 amide bonds. The van der Waals surface area contributed by atoms with E-state index in [2.05, 4.69) is 32.1 Å². The molecule has 1 saturated carbocycles. The maximum atomic E-state index is 9.97. The van der Waals surface area contributed by atoms with Gasteiger partial charge in [-0.3, -0.25) is 0 Å². The quantitative estimate of drug-likeness (QED) is 0.359. The first-order valence-electron chi connectivity index (χ1n) is 12.4. The summed E-state index contributed by atoms with van der Waals surface area (Å²) in [6, 6.07) is 16.7. The molecule has 0 radical (unpaired) electrons. The second-order valence-corrected chi connectivity index (χ2v) is 9.12. The Hall–Kier alpha value is -2.78. The van der Waals surface area contributed by atoms with Gasteiger partial charge < -0.3 is 4.74 Å². The van der Waals surface area contributed by atoms with E-state index in [1.165, 1.54) is 44.9 Å². The maximum Gasteiger partial charge on any atom is 0.119 e. The van der Waals surface area contributed by atoms with Crippen molar-refractivity contribution in [1.29, 1.82) is 10.5 Å². The van der Waals surface area contributed by atoms with Gasteiger partial charge in [0.05, 0.1) is 17.7 Å². The van der Waals surface area contributed by atoms with Gasteiger partial charge in [-0.2, -0.15) is 10.5 Å². The summed E-state index contributed by atoms with van der Waals surface area (Å²) < 4.78 is 5.67. The lowest BCUT2D eigenvalue weighted by Crippen LogP contribution is -2.15. The molecule has 1 aliphatic carbocycles. The van der Waals surface area contributed by atoms with Crippen LogP contribution >= 0.6 is 0 Å². The number of rotatable bonds is 10. The topological polar surface area (TPSA) is 56.8 Å². The molecule has 0 N–H and O–H groups in total. The summed E-state index contributed by atoms with van der Waals surface area (Å²) in [4.78, 5) is 0. The molecule has 3 nitrogen and oxygen atoms in total. The van der Waals surface area contributed by atoms with Crippen LogP contribution in [0.4, 0.5) is 0 Å². The van der Waals surface area contributed by atoms with Crippen molar-refractivity contribution in [3.8, 4) is 29.0 Å². The van der Waals surface area contributed by atoms with Crippen molar-refractivity contribution in [1.82, 2.24) is 0 Å². The molecular formula is C29H36N2O. The number of nitriles is 2. The molecular weight excluding hydrogens is 392 g/mol. The van der Waals surface area contributed by atoms with Crippen molar-refractivity contribution in [3.63, 3.8) is 0 Å². The van der Waals surface area contributed by atoms with Crippen LogP contribution in [0.5, 0.6) is 5.75 Å². The van der Waals surface area contributed by atoms with Crippen LogP contribution in [-0.4, -0.2) is 6.61 Å². The van der Waals surface area contributed by atoms with E-state index in [-0.39, 0.29) is 0 Å². The normalized spacial score (nSPS) is 18.0. The number of hydrogen-bond acceptors (Lipinski definition) is 3. The Kier molecular flexibility index (Phi) is 9.18. The van der Waals surface area contributed by atoms with Gasteiger partial charge in [0.15, 0.2) is 0 Å². The molecule has 0 atom stereocenters. The maximum absolute atomic E-state index is 9.97. The van der Waals surface area contributed by atoms with Crippen LogP contribution in [0.3, 0.4) is 0 Å². The highest BCUT2D eigenvalue weighted by Gasteiger charge is 2.26. The Morgan fingerprint density at radius 3 is 2.16 bits per heavy atom. The van der Waals surface area contributed by atoms with Gasteiger partial charge in [0.25, 0.3) is 0 Å². The second kappa shape index (κ2) is 12.3. The summed E-state index contributed by atoms with van der Waals surface area (Å²) in [5, 5.41) is 19.9. The Bertz CT molecular complexity index is 941.